The van der Waals surface area contributed by atoms with E-state index in [1.54, 1.807) is 0 Å². The summed E-state index contributed by atoms with van der Waals surface area (Å²) < 4.78 is 0. The van der Waals surface area contributed by atoms with Crippen molar-refractivity contribution in [2.45, 2.75) is 31.2 Å². The maximum atomic E-state index is 7.96. The van der Waals surface area contributed by atoms with Gasteiger partial charge in [0.15, 0.2) is 0 Å². The van der Waals surface area contributed by atoms with Gasteiger partial charge in [0.05, 0.1) is 5.41 Å². The normalized spacial score (nSPS) is 16.1. The highest BCUT2D eigenvalue weighted by Crippen LogP contribution is 2.45. The van der Waals surface area contributed by atoms with Crippen molar-refractivity contribution in [2.75, 3.05) is 0 Å². The van der Waals surface area contributed by atoms with Crippen LogP contribution in [0.25, 0.3) is 11.1 Å². The van der Waals surface area contributed by atoms with E-state index in [4.69, 9.17) is 28.5 Å². The van der Waals surface area contributed by atoms with Gasteiger partial charge in [0.2, 0.25) is 0 Å². The van der Waals surface area contributed by atoms with Gasteiger partial charge in [-0.15, -0.1) is 0 Å². The number of nitrogens with two attached hydrogens (primary N) is 2. The van der Waals surface area contributed by atoms with Crippen molar-refractivity contribution in [1.29, 1.82) is 5.41 Å². The van der Waals surface area contributed by atoms with Crippen molar-refractivity contribution in [3.63, 3.8) is 0 Å². The average molecular weight is 314 g/mol. The molecule has 0 amide bonds. The van der Waals surface area contributed by atoms with Crippen LogP contribution in [-0.4, -0.2) is 5.84 Å². The Balaban J connectivity index is 2.04. The molecule has 0 aliphatic heterocycles. The first kappa shape index (κ1) is 15.1. The van der Waals surface area contributed by atoms with E-state index in [-0.39, 0.29) is 11.3 Å². The van der Waals surface area contributed by atoms with E-state index in [1.165, 1.54) is 0 Å². The Hall–Kier alpha value is -1.84. The van der Waals surface area contributed by atoms with Crippen molar-refractivity contribution >= 4 is 17.4 Å². The lowest BCUT2D eigenvalue weighted by atomic mass is 9.63. The minimum atomic E-state index is -0.323. The van der Waals surface area contributed by atoms with Gasteiger partial charge in [0.1, 0.15) is 5.84 Å². The maximum absolute atomic E-state index is 7.96. The molecule has 0 spiro atoms. The van der Waals surface area contributed by atoms with Crippen molar-refractivity contribution in [3.8, 4) is 11.1 Å². The van der Waals surface area contributed by atoms with Gasteiger partial charge in [0.25, 0.3) is 0 Å². The fourth-order valence-electron chi connectivity index (χ4n) is 3.11. The van der Waals surface area contributed by atoms with Crippen LogP contribution in [0.15, 0.2) is 42.5 Å². The average Bonchev–Trinajstić information content (AvgIpc) is 2.45. The molecule has 0 heterocycles. The first-order chi connectivity index (χ1) is 10.5. The number of halogens is 1. The molecule has 3 rings (SSSR count). The molecule has 0 unspecified atom stereocenters. The molecule has 4 heteroatoms. The van der Waals surface area contributed by atoms with Gasteiger partial charge in [0, 0.05) is 11.6 Å². The third-order valence-corrected chi connectivity index (χ3v) is 4.91. The summed E-state index contributed by atoms with van der Waals surface area (Å²) in [6.45, 7) is 0.536. The zero-order chi connectivity index (χ0) is 15.7. The maximum Gasteiger partial charge on any atom is 0.101 e. The monoisotopic (exact) mass is 313 g/mol. The SMILES string of the molecule is N=C(N)C1(c2cc(Cl)cc(-c3ccc(CN)cc3)c2)CCC1. The zero-order valence-electron chi connectivity index (χ0n) is 12.4. The van der Waals surface area contributed by atoms with Gasteiger partial charge in [-0.1, -0.05) is 48.4 Å². The molecule has 0 radical (unpaired) electrons. The molecule has 22 heavy (non-hydrogen) atoms. The van der Waals surface area contributed by atoms with Gasteiger partial charge in [-0.2, -0.15) is 0 Å². The second-order valence-electron chi connectivity index (χ2n) is 5.98. The summed E-state index contributed by atoms with van der Waals surface area (Å²) >= 11 is 6.32. The van der Waals surface area contributed by atoms with Crippen LogP contribution in [0.5, 0.6) is 0 Å². The lowest BCUT2D eigenvalue weighted by Gasteiger charge is -2.41. The van der Waals surface area contributed by atoms with E-state index in [1.807, 2.05) is 24.3 Å². The number of benzene rings is 2. The molecule has 0 saturated heterocycles. The summed E-state index contributed by atoms with van der Waals surface area (Å²) in [5.41, 5.74) is 15.5. The highest BCUT2D eigenvalue weighted by atomic mass is 35.5. The molecule has 5 N–H and O–H groups in total. The Morgan fingerprint density at radius 2 is 1.77 bits per heavy atom. The number of nitrogens with one attached hydrogen (secondary N) is 1. The Labute approximate surface area is 135 Å². The lowest BCUT2D eigenvalue weighted by molar-refractivity contribution is 0.337. The molecule has 0 aromatic heterocycles. The third kappa shape index (κ3) is 2.51. The van der Waals surface area contributed by atoms with E-state index in [9.17, 15) is 0 Å². The third-order valence-electron chi connectivity index (χ3n) is 4.70. The van der Waals surface area contributed by atoms with Crippen LogP contribution in [-0.2, 0) is 12.0 Å². The largest absolute Gasteiger partial charge is 0.387 e. The number of hydrogen-bond donors (Lipinski definition) is 3. The minimum Gasteiger partial charge on any atom is -0.387 e. The minimum absolute atomic E-state index is 0.241. The summed E-state index contributed by atoms with van der Waals surface area (Å²) in [5.74, 6) is 0.241. The molecule has 1 aliphatic carbocycles. The van der Waals surface area contributed by atoms with Crippen molar-refractivity contribution in [1.82, 2.24) is 0 Å². The highest BCUT2D eigenvalue weighted by Gasteiger charge is 2.42. The van der Waals surface area contributed by atoms with Crippen LogP contribution in [0.1, 0.15) is 30.4 Å². The van der Waals surface area contributed by atoms with Crippen LogP contribution in [0.3, 0.4) is 0 Å². The predicted molar refractivity (Wildman–Crippen MR) is 92.2 cm³/mol. The molecule has 114 valence electrons. The van der Waals surface area contributed by atoms with Gasteiger partial charge in [-0.05, 0) is 47.2 Å². The topological polar surface area (TPSA) is 75.9 Å². The van der Waals surface area contributed by atoms with Gasteiger partial charge in [-0.3, -0.25) is 5.41 Å². The summed E-state index contributed by atoms with van der Waals surface area (Å²) in [6, 6.07) is 14.2. The summed E-state index contributed by atoms with van der Waals surface area (Å²) in [5, 5.41) is 8.64. The van der Waals surface area contributed by atoms with E-state index in [2.05, 4.69) is 18.2 Å². The first-order valence-corrected chi connectivity index (χ1v) is 7.88. The van der Waals surface area contributed by atoms with Gasteiger partial charge >= 0.3 is 0 Å². The Morgan fingerprint density at radius 1 is 1.09 bits per heavy atom. The number of hydrogen-bond acceptors (Lipinski definition) is 2. The van der Waals surface area contributed by atoms with Gasteiger partial charge in [-0.25, -0.2) is 0 Å². The summed E-state index contributed by atoms with van der Waals surface area (Å²) in [6.07, 6.45) is 2.95. The standard InChI is InChI=1S/C18H20ClN3/c19-16-9-14(13-4-2-12(11-20)3-5-13)8-15(10-16)18(17(21)22)6-1-7-18/h2-5,8-10H,1,6-7,11,20H2,(H3,21,22). The van der Waals surface area contributed by atoms with E-state index >= 15 is 0 Å². The Bertz CT molecular complexity index is 703. The number of amidine groups is 1. The van der Waals surface area contributed by atoms with Crippen molar-refractivity contribution in [2.24, 2.45) is 11.5 Å². The molecule has 1 aliphatic rings. The predicted octanol–water partition coefficient (Wildman–Crippen LogP) is 3.82. The van der Waals surface area contributed by atoms with Crippen molar-refractivity contribution in [3.05, 3.63) is 58.6 Å². The fraction of sp³-hybridized carbons (Fsp3) is 0.278. The number of rotatable bonds is 4. The Morgan fingerprint density at radius 3 is 2.27 bits per heavy atom. The molecular formula is C18H20ClN3. The smallest absolute Gasteiger partial charge is 0.101 e. The highest BCUT2D eigenvalue weighted by molar-refractivity contribution is 6.31. The lowest BCUT2D eigenvalue weighted by Crippen LogP contribution is -2.46. The van der Waals surface area contributed by atoms with Crippen LogP contribution < -0.4 is 11.5 Å². The second kappa shape index (κ2) is 5.75. The molecule has 2 aromatic rings. The zero-order valence-corrected chi connectivity index (χ0v) is 13.2. The van der Waals surface area contributed by atoms with E-state index in [0.29, 0.717) is 11.6 Å². The van der Waals surface area contributed by atoms with Crippen LogP contribution in [0.2, 0.25) is 5.02 Å². The summed E-state index contributed by atoms with van der Waals surface area (Å²) in [7, 11) is 0. The quantitative estimate of drug-likeness (QED) is 0.593. The Kier molecular flexibility index (Phi) is 3.94. The van der Waals surface area contributed by atoms with Gasteiger partial charge < -0.3 is 11.5 Å². The molecule has 3 nitrogen and oxygen atoms in total. The van der Waals surface area contributed by atoms with Crippen LogP contribution in [0.4, 0.5) is 0 Å². The molecule has 0 atom stereocenters. The van der Waals surface area contributed by atoms with E-state index < -0.39 is 0 Å². The molecule has 1 saturated carbocycles. The molecule has 1 fully saturated rings. The fourth-order valence-corrected chi connectivity index (χ4v) is 3.34. The first-order valence-electron chi connectivity index (χ1n) is 7.50. The molecule has 2 aromatic carbocycles. The second-order valence-corrected chi connectivity index (χ2v) is 6.42. The molecular weight excluding hydrogens is 294 g/mol. The van der Waals surface area contributed by atoms with Crippen molar-refractivity contribution < 1.29 is 0 Å². The summed E-state index contributed by atoms with van der Waals surface area (Å²) in [4.78, 5) is 0. The van der Waals surface area contributed by atoms with E-state index in [0.717, 1.165) is 41.5 Å². The van der Waals surface area contributed by atoms with Crippen LogP contribution in [0, 0.1) is 5.41 Å². The molecule has 0 bridgehead atoms. The van der Waals surface area contributed by atoms with Crippen LogP contribution >= 0.6 is 11.6 Å².